The molecule has 3 heterocycles. The molecule has 2 aliphatic heterocycles. The molecule has 1 aromatic heterocycles. The van der Waals surface area contributed by atoms with Gasteiger partial charge < -0.3 is 9.88 Å². The molecule has 1 fully saturated rings. The fourth-order valence-electron chi connectivity index (χ4n) is 3.07. The monoisotopic (exact) mass is 336 g/mol. The van der Waals surface area contributed by atoms with Crippen LogP contribution >= 0.6 is 15.9 Å². The normalized spacial score (nSPS) is 26.1. The smallest absolute Gasteiger partial charge is 0.316 e. The molecule has 1 aromatic rings. The van der Waals surface area contributed by atoms with E-state index in [9.17, 15) is 18.0 Å². The summed E-state index contributed by atoms with van der Waals surface area (Å²) in [6.07, 6.45) is -3.69. The summed E-state index contributed by atoms with van der Waals surface area (Å²) in [5, 5.41) is 3.26. The Hall–Kier alpha value is -0.820. The third-order valence-electron chi connectivity index (χ3n) is 3.87. The van der Waals surface area contributed by atoms with Crippen LogP contribution in [0.5, 0.6) is 0 Å². The standard InChI is InChI=1S/C12H12BrF3N2O/c13-8-2-9-7-1-6(3-17-4-7)5-18(9)11(19)10(8)12(14,15)16/h2,6-7,17H,1,3-5H2. The van der Waals surface area contributed by atoms with Gasteiger partial charge in [-0.3, -0.25) is 4.79 Å². The fraction of sp³-hybridized carbons (Fsp3) is 0.583. The van der Waals surface area contributed by atoms with Gasteiger partial charge >= 0.3 is 6.18 Å². The molecule has 0 spiro atoms. The molecule has 3 rings (SSSR count). The second-order valence-electron chi connectivity index (χ2n) is 5.16. The number of hydrogen-bond acceptors (Lipinski definition) is 2. The summed E-state index contributed by atoms with van der Waals surface area (Å²) in [7, 11) is 0. The first-order chi connectivity index (χ1) is 8.88. The minimum atomic E-state index is -4.62. The van der Waals surface area contributed by atoms with Crippen molar-refractivity contribution < 1.29 is 13.2 Å². The number of halogens is 4. The Bertz CT molecular complexity index is 582. The number of fused-ring (bicyclic) bond motifs is 4. The van der Waals surface area contributed by atoms with Gasteiger partial charge in [-0.2, -0.15) is 13.2 Å². The summed E-state index contributed by atoms with van der Waals surface area (Å²) in [5.41, 5.74) is -1.31. The molecule has 3 nitrogen and oxygen atoms in total. The summed E-state index contributed by atoms with van der Waals surface area (Å²) >= 11 is 2.90. The molecule has 0 saturated carbocycles. The van der Waals surface area contributed by atoms with E-state index in [0.717, 1.165) is 13.0 Å². The van der Waals surface area contributed by atoms with Crippen LogP contribution in [0.15, 0.2) is 15.3 Å². The molecule has 0 aromatic carbocycles. The van der Waals surface area contributed by atoms with Crippen LogP contribution in [0.25, 0.3) is 0 Å². The second-order valence-corrected chi connectivity index (χ2v) is 6.02. The molecule has 0 amide bonds. The first-order valence-electron chi connectivity index (χ1n) is 6.09. The van der Waals surface area contributed by atoms with Crippen LogP contribution in [0.1, 0.15) is 23.6 Å². The van der Waals surface area contributed by atoms with Gasteiger partial charge in [-0.15, -0.1) is 0 Å². The zero-order chi connectivity index (χ0) is 13.8. The van der Waals surface area contributed by atoms with Gasteiger partial charge in [-0.25, -0.2) is 0 Å². The molecule has 1 saturated heterocycles. The molecule has 2 bridgehead atoms. The van der Waals surface area contributed by atoms with Crippen LogP contribution in [0.3, 0.4) is 0 Å². The minimum Gasteiger partial charge on any atom is -0.316 e. The number of rotatable bonds is 0. The first-order valence-corrected chi connectivity index (χ1v) is 6.88. The van der Waals surface area contributed by atoms with E-state index in [1.54, 1.807) is 0 Å². The fourth-order valence-corrected chi connectivity index (χ4v) is 3.70. The lowest BCUT2D eigenvalue weighted by atomic mass is 9.84. The highest BCUT2D eigenvalue weighted by molar-refractivity contribution is 9.10. The maximum Gasteiger partial charge on any atom is 0.422 e. The molecule has 2 aliphatic rings. The van der Waals surface area contributed by atoms with Crippen molar-refractivity contribution in [3.63, 3.8) is 0 Å². The van der Waals surface area contributed by atoms with Crippen LogP contribution in [0, 0.1) is 5.92 Å². The summed E-state index contributed by atoms with van der Waals surface area (Å²) in [5.74, 6) is 0.366. The van der Waals surface area contributed by atoms with E-state index < -0.39 is 17.3 Å². The summed E-state index contributed by atoms with van der Waals surface area (Å²) in [6.45, 7) is 1.85. The largest absolute Gasteiger partial charge is 0.422 e. The van der Waals surface area contributed by atoms with Crippen molar-refractivity contribution >= 4 is 15.9 Å². The third kappa shape index (κ3) is 2.12. The maximum atomic E-state index is 12.9. The van der Waals surface area contributed by atoms with Crippen LogP contribution in [-0.2, 0) is 12.7 Å². The molecular formula is C12H12BrF3N2O. The highest BCUT2D eigenvalue weighted by atomic mass is 79.9. The average Bonchev–Trinajstić information content (AvgIpc) is 2.30. The molecule has 0 radical (unpaired) electrons. The quantitative estimate of drug-likeness (QED) is 0.789. The Morgan fingerprint density at radius 3 is 2.79 bits per heavy atom. The Morgan fingerprint density at radius 2 is 2.11 bits per heavy atom. The number of aromatic nitrogens is 1. The molecular weight excluding hydrogens is 325 g/mol. The maximum absolute atomic E-state index is 12.9. The Kier molecular flexibility index (Phi) is 3.01. The molecule has 19 heavy (non-hydrogen) atoms. The number of nitrogens with zero attached hydrogens (tertiary/aromatic N) is 1. The van der Waals surface area contributed by atoms with Gasteiger partial charge in [0.15, 0.2) is 0 Å². The van der Waals surface area contributed by atoms with Gasteiger partial charge in [0.1, 0.15) is 5.56 Å². The minimum absolute atomic E-state index is 0.124. The van der Waals surface area contributed by atoms with E-state index >= 15 is 0 Å². The van der Waals surface area contributed by atoms with Crippen LogP contribution < -0.4 is 10.9 Å². The summed E-state index contributed by atoms with van der Waals surface area (Å²) in [6, 6.07) is 1.46. The van der Waals surface area contributed by atoms with Crippen molar-refractivity contribution in [2.75, 3.05) is 13.1 Å². The van der Waals surface area contributed by atoms with Crippen LogP contribution in [0.2, 0.25) is 0 Å². The van der Waals surface area contributed by atoms with Crippen molar-refractivity contribution in [1.82, 2.24) is 9.88 Å². The number of pyridine rings is 1. The Balaban J connectivity index is 2.21. The Labute approximate surface area is 115 Å². The topological polar surface area (TPSA) is 34.0 Å². The lowest BCUT2D eigenvalue weighted by molar-refractivity contribution is -0.139. The van der Waals surface area contributed by atoms with E-state index in [2.05, 4.69) is 21.2 Å². The zero-order valence-corrected chi connectivity index (χ0v) is 11.5. The molecule has 1 N–H and O–H groups in total. The number of hydrogen-bond donors (Lipinski definition) is 1. The summed E-state index contributed by atoms with van der Waals surface area (Å²) < 4.78 is 39.9. The lowest BCUT2D eigenvalue weighted by Crippen LogP contribution is -2.46. The number of piperidine rings is 1. The van der Waals surface area contributed by atoms with Crippen LogP contribution in [0.4, 0.5) is 13.2 Å². The SMILES string of the molecule is O=c1c(C(F)(F)F)c(Br)cc2n1CC1CNCC2C1. The van der Waals surface area contributed by atoms with Crippen molar-refractivity contribution in [3.05, 3.63) is 32.2 Å². The third-order valence-corrected chi connectivity index (χ3v) is 4.49. The second kappa shape index (κ2) is 4.34. The van der Waals surface area contributed by atoms with Gasteiger partial charge in [-0.05, 0) is 40.9 Å². The van der Waals surface area contributed by atoms with Gasteiger partial charge in [0.2, 0.25) is 0 Å². The first kappa shape index (κ1) is 13.2. The predicted octanol–water partition coefficient (Wildman–Crippen LogP) is 2.34. The van der Waals surface area contributed by atoms with E-state index in [-0.39, 0.29) is 16.3 Å². The predicted molar refractivity (Wildman–Crippen MR) is 67.1 cm³/mol. The average molecular weight is 337 g/mol. The molecule has 104 valence electrons. The van der Waals surface area contributed by atoms with Crippen molar-refractivity contribution in [2.45, 2.75) is 25.1 Å². The van der Waals surface area contributed by atoms with Crippen LogP contribution in [-0.4, -0.2) is 17.7 Å². The molecule has 0 aliphatic carbocycles. The highest BCUT2D eigenvalue weighted by Gasteiger charge is 2.40. The molecule has 7 heteroatoms. The van der Waals surface area contributed by atoms with Crippen molar-refractivity contribution in [3.8, 4) is 0 Å². The van der Waals surface area contributed by atoms with Gasteiger partial charge in [-0.1, -0.05) is 0 Å². The van der Waals surface area contributed by atoms with Gasteiger partial charge in [0.25, 0.3) is 5.56 Å². The van der Waals surface area contributed by atoms with Crippen molar-refractivity contribution in [2.24, 2.45) is 5.92 Å². The molecule has 2 unspecified atom stereocenters. The number of alkyl halides is 3. The highest BCUT2D eigenvalue weighted by Crippen LogP contribution is 2.37. The lowest BCUT2D eigenvalue weighted by Gasteiger charge is -2.37. The Morgan fingerprint density at radius 1 is 1.37 bits per heavy atom. The molecule has 2 atom stereocenters. The zero-order valence-electron chi connectivity index (χ0n) is 9.93. The van der Waals surface area contributed by atoms with Gasteiger partial charge in [0.05, 0.1) is 0 Å². The van der Waals surface area contributed by atoms with E-state index in [1.807, 2.05) is 0 Å². The van der Waals surface area contributed by atoms with E-state index in [4.69, 9.17) is 0 Å². The number of nitrogens with one attached hydrogen (secondary N) is 1. The summed E-state index contributed by atoms with van der Waals surface area (Å²) in [4.78, 5) is 12.1. The van der Waals surface area contributed by atoms with E-state index in [0.29, 0.717) is 18.8 Å². The van der Waals surface area contributed by atoms with Crippen molar-refractivity contribution in [1.29, 1.82) is 0 Å². The van der Waals surface area contributed by atoms with Gasteiger partial charge in [0, 0.05) is 29.2 Å². The van der Waals surface area contributed by atoms with E-state index in [1.165, 1.54) is 10.6 Å².